The lowest BCUT2D eigenvalue weighted by molar-refractivity contribution is 0.0693. The highest BCUT2D eigenvalue weighted by molar-refractivity contribution is 8.76. The molecule has 0 atom stereocenters. The zero-order chi connectivity index (χ0) is 15.9. The van der Waals surface area contributed by atoms with Gasteiger partial charge in [-0.05, 0) is 18.2 Å². The second-order valence-corrected chi connectivity index (χ2v) is 8.28. The third-order valence-electron chi connectivity index (χ3n) is 2.27. The van der Waals surface area contributed by atoms with E-state index in [1.807, 2.05) is 0 Å². The highest BCUT2D eigenvalue weighted by Crippen LogP contribution is 2.22. The Morgan fingerprint density at radius 3 is 2.57 bits per heavy atom. The van der Waals surface area contributed by atoms with E-state index in [0.29, 0.717) is 12.3 Å². The molecule has 0 aromatic heterocycles. The number of hydrogen-bond acceptors (Lipinski definition) is 7. The molecule has 5 N–H and O–H groups in total. The van der Waals surface area contributed by atoms with Gasteiger partial charge in [-0.2, -0.15) is 0 Å². The highest BCUT2D eigenvalue weighted by Gasteiger charge is 2.18. The molecule has 7 nitrogen and oxygen atoms in total. The Balaban J connectivity index is 2.66. The number of nitrogens with one attached hydrogen (secondary N) is 1. The molecule has 21 heavy (non-hydrogen) atoms. The smallest absolute Gasteiger partial charge is 0.339 e. The monoisotopic (exact) mass is 352 g/mol. The van der Waals surface area contributed by atoms with E-state index in [0.717, 1.165) is 24.0 Å². The van der Waals surface area contributed by atoms with Crippen molar-refractivity contribution in [3.8, 4) is 5.75 Å². The summed E-state index contributed by atoms with van der Waals surface area (Å²) in [5.74, 6) is -0.515. The number of nitrogens with two attached hydrogens (primary N) is 1. The summed E-state index contributed by atoms with van der Waals surface area (Å²) in [5.41, 5.74) is 4.87. The van der Waals surface area contributed by atoms with Crippen LogP contribution in [0.3, 0.4) is 0 Å². The molecule has 1 rings (SSSR count). The van der Waals surface area contributed by atoms with E-state index in [4.69, 9.17) is 10.8 Å². The van der Waals surface area contributed by atoms with Gasteiger partial charge in [-0.25, -0.2) is 17.9 Å². The predicted molar refractivity (Wildman–Crippen MR) is 84.2 cm³/mol. The van der Waals surface area contributed by atoms with Crippen LogP contribution < -0.4 is 10.5 Å². The first-order valence-corrected chi connectivity index (χ1v) is 9.86. The molecule has 0 unspecified atom stereocenters. The van der Waals surface area contributed by atoms with Gasteiger partial charge in [0.05, 0.1) is 4.90 Å². The van der Waals surface area contributed by atoms with E-state index in [2.05, 4.69) is 4.72 Å². The molecule has 118 valence electrons. The quantitative estimate of drug-likeness (QED) is 0.378. The zero-order valence-corrected chi connectivity index (χ0v) is 13.4. The fourth-order valence-corrected chi connectivity index (χ4v) is 4.27. The molecule has 1 aromatic rings. The summed E-state index contributed by atoms with van der Waals surface area (Å²) in [6.45, 7) is 0.780. The Bertz CT molecular complexity index is 592. The molecule has 0 spiro atoms. The molecule has 0 aliphatic heterocycles. The van der Waals surface area contributed by atoms with Crippen molar-refractivity contribution in [2.45, 2.75) is 4.90 Å². The van der Waals surface area contributed by atoms with E-state index in [1.165, 1.54) is 10.8 Å². The van der Waals surface area contributed by atoms with Crippen LogP contribution in [0.15, 0.2) is 23.1 Å². The molecule has 0 heterocycles. The van der Waals surface area contributed by atoms with Gasteiger partial charge in [-0.1, -0.05) is 21.6 Å². The van der Waals surface area contributed by atoms with Crippen LogP contribution in [-0.2, 0) is 10.0 Å². The van der Waals surface area contributed by atoms with Crippen molar-refractivity contribution < 1.29 is 23.4 Å². The number of phenols is 1. The van der Waals surface area contributed by atoms with Gasteiger partial charge in [0.1, 0.15) is 11.3 Å². The number of benzene rings is 1. The average Bonchev–Trinajstić information content (AvgIpc) is 2.42. The minimum Gasteiger partial charge on any atom is -0.507 e. The maximum absolute atomic E-state index is 12.0. The summed E-state index contributed by atoms with van der Waals surface area (Å²) in [6, 6.07) is 3.13. The van der Waals surface area contributed by atoms with Gasteiger partial charge in [0.15, 0.2) is 0 Å². The summed E-state index contributed by atoms with van der Waals surface area (Å²) in [5, 5.41) is 18.2. The Kier molecular flexibility index (Phi) is 7.32. The Morgan fingerprint density at radius 2 is 1.95 bits per heavy atom. The van der Waals surface area contributed by atoms with E-state index < -0.39 is 27.3 Å². The van der Waals surface area contributed by atoms with Gasteiger partial charge in [0.2, 0.25) is 10.0 Å². The Morgan fingerprint density at radius 1 is 1.29 bits per heavy atom. The van der Waals surface area contributed by atoms with Crippen molar-refractivity contribution in [2.24, 2.45) is 5.73 Å². The van der Waals surface area contributed by atoms with Crippen LogP contribution in [0.1, 0.15) is 10.4 Å². The number of rotatable bonds is 9. The largest absolute Gasteiger partial charge is 0.507 e. The van der Waals surface area contributed by atoms with Crippen molar-refractivity contribution in [2.75, 3.05) is 24.6 Å². The molecule has 0 amide bonds. The summed E-state index contributed by atoms with van der Waals surface area (Å²) >= 11 is 0. The molecule has 0 saturated heterocycles. The van der Waals surface area contributed by atoms with Crippen molar-refractivity contribution in [1.29, 1.82) is 0 Å². The molecular formula is C11H16N2O5S3. The van der Waals surface area contributed by atoms with Gasteiger partial charge in [0.25, 0.3) is 0 Å². The van der Waals surface area contributed by atoms with Crippen LogP contribution in [0.5, 0.6) is 5.75 Å². The molecule has 0 aliphatic rings. The van der Waals surface area contributed by atoms with E-state index in [9.17, 15) is 18.3 Å². The minimum absolute atomic E-state index is 0.197. The van der Waals surface area contributed by atoms with Crippen molar-refractivity contribution in [1.82, 2.24) is 4.72 Å². The van der Waals surface area contributed by atoms with E-state index in [1.54, 1.807) is 10.8 Å². The van der Waals surface area contributed by atoms with Crippen LogP contribution in [0.25, 0.3) is 0 Å². The number of carboxylic acids is 1. The molecular weight excluding hydrogens is 336 g/mol. The number of sulfonamides is 1. The highest BCUT2D eigenvalue weighted by atomic mass is 33.1. The van der Waals surface area contributed by atoms with Crippen molar-refractivity contribution in [3.63, 3.8) is 0 Å². The van der Waals surface area contributed by atoms with Gasteiger partial charge in [0, 0.05) is 24.6 Å². The topological polar surface area (TPSA) is 130 Å². The standard InChI is InChI=1S/C11H16N2O5S3/c12-3-5-19-20-6-4-13-21(17,18)8-1-2-10(14)9(7-8)11(15)16/h1-2,7,13-14H,3-6,12H2,(H,15,16). The summed E-state index contributed by atoms with van der Waals surface area (Å²) < 4.78 is 26.3. The van der Waals surface area contributed by atoms with Crippen LogP contribution in [0.4, 0.5) is 0 Å². The number of hydrogen-bond donors (Lipinski definition) is 4. The Labute approximate surface area is 130 Å². The third-order valence-corrected chi connectivity index (χ3v) is 6.17. The fourth-order valence-electron chi connectivity index (χ4n) is 1.32. The molecule has 0 saturated carbocycles. The summed E-state index contributed by atoms with van der Waals surface area (Å²) in [4.78, 5) is 10.7. The molecule has 1 aromatic carbocycles. The number of aromatic hydroxyl groups is 1. The van der Waals surface area contributed by atoms with Gasteiger partial charge >= 0.3 is 5.97 Å². The SMILES string of the molecule is NCCSSCCNS(=O)(=O)c1ccc(O)c(C(=O)O)c1. The lowest BCUT2D eigenvalue weighted by atomic mass is 10.2. The predicted octanol–water partition coefficient (Wildman–Crippen LogP) is 0.709. The van der Waals surface area contributed by atoms with Crippen molar-refractivity contribution >= 4 is 37.6 Å². The molecule has 10 heteroatoms. The van der Waals surface area contributed by atoms with Gasteiger partial charge in [-0.3, -0.25) is 0 Å². The first kappa shape index (κ1) is 18.1. The molecule has 0 radical (unpaired) electrons. The van der Waals surface area contributed by atoms with Crippen LogP contribution >= 0.6 is 21.6 Å². The second-order valence-electron chi connectivity index (χ2n) is 3.81. The molecule has 0 fully saturated rings. The summed E-state index contributed by atoms with van der Waals surface area (Å²) in [7, 11) is -0.744. The normalized spacial score (nSPS) is 11.5. The second kappa shape index (κ2) is 8.49. The minimum atomic E-state index is -3.80. The number of aromatic carboxylic acids is 1. The number of carboxylic acid groups (broad SMARTS) is 1. The average molecular weight is 352 g/mol. The maximum atomic E-state index is 12.0. The zero-order valence-electron chi connectivity index (χ0n) is 11.0. The van der Waals surface area contributed by atoms with Crippen LogP contribution in [-0.4, -0.2) is 49.2 Å². The Hall–Kier alpha value is -0.940. The van der Waals surface area contributed by atoms with Crippen LogP contribution in [0, 0.1) is 0 Å². The lowest BCUT2D eigenvalue weighted by Crippen LogP contribution is -2.26. The maximum Gasteiger partial charge on any atom is 0.339 e. The van der Waals surface area contributed by atoms with E-state index >= 15 is 0 Å². The third kappa shape index (κ3) is 5.75. The lowest BCUT2D eigenvalue weighted by Gasteiger charge is -2.08. The molecule has 0 bridgehead atoms. The first-order chi connectivity index (χ1) is 9.88. The molecule has 0 aliphatic carbocycles. The van der Waals surface area contributed by atoms with Crippen molar-refractivity contribution in [3.05, 3.63) is 23.8 Å². The summed E-state index contributed by atoms with van der Waals surface area (Å²) in [6.07, 6.45) is 0. The van der Waals surface area contributed by atoms with Gasteiger partial charge < -0.3 is 15.9 Å². The fraction of sp³-hybridized carbons (Fsp3) is 0.364. The first-order valence-electron chi connectivity index (χ1n) is 5.89. The van der Waals surface area contributed by atoms with Gasteiger partial charge in [-0.15, -0.1) is 0 Å². The van der Waals surface area contributed by atoms with E-state index in [-0.39, 0.29) is 11.4 Å². The van der Waals surface area contributed by atoms with Crippen LogP contribution in [0.2, 0.25) is 0 Å². The number of carbonyl (C=O) groups is 1.